The SMILES string of the molecule is CP(=O)(c1ccccc1)c1cc(O)ccc1O. The summed E-state index contributed by atoms with van der Waals surface area (Å²) in [7, 11) is -2.87. The van der Waals surface area contributed by atoms with Gasteiger partial charge in [0.1, 0.15) is 18.6 Å². The molecule has 0 radical (unpaired) electrons. The molecule has 2 rings (SSSR count). The van der Waals surface area contributed by atoms with E-state index in [4.69, 9.17) is 0 Å². The van der Waals surface area contributed by atoms with E-state index in [-0.39, 0.29) is 16.8 Å². The number of hydrogen-bond acceptors (Lipinski definition) is 3. The van der Waals surface area contributed by atoms with Crippen LogP contribution in [0.1, 0.15) is 0 Å². The Morgan fingerprint density at radius 1 is 1.00 bits per heavy atom. The predicted molar refractivity (Wildman–Crippen MR) is 69.0 cm³/mol. The van der Waals surface area contributed by atoms with Gasteiger partial charge in [0.05, 0.1) is 5.30 Å². The van der Waals surface area contributed by atoms with E-state index in [0.717, 1.165) is 0 Å². The molecule has 17 heavy (non-hydrogen) atoms. The molecule has 2 N–H and O–H groups in total. The molecule has 0 aliphatic rings. The molecule has 0 aliphatic heterocycles. The lowest BCUT2D eigenvalue weighted by molar-refractivity contribution is 0.463. The van der Waals surface area contributed by atoms with E-state index in [0.29, 0.717) is 5.30 Å². The fourth-order valence-corrected chi connectivity index (χ4v) is 3.61. The fraction of sp³-hybridized carbons (Fsp3) is 0.0769. The first-order valence-corrected chi connectivity index (χ1v) is 7.33. The van der Waals surface area contributed by atoms with Gasteiger partial charge < -0.3 is 14.8 Å². The molecule has 0 saturated heterocycles. The number of phenolic OH excluding ortho intramolecular Hbond substituents is 2. The highest BCUT2D eigenvalue weighted by atomic mass is 31.2. The van der Waals surface area contributed by atoms with Crippen LogP contribution in [0.4, 0.5) is 0 Å². The molecule has 0 aliphatic carbocycles. The number of rotatable bonds is 2. The van der Waals surface area contributed by atoms with Crippen LogP contribution in [-0.4, -0.2) is 16.9 Å². The third-order valence-electron chi connectivity index (χ3n) is 2.67. The molecule has 0 bridgehead atoms. The highest BCUT2D eigenvalue weighted by molar-refractivity contribution is 7.78. The van der Waals surface area contributed by atoms with Crippen molar-refractivity contribution >= 4 is 17.8 Å². The molecule has 3 nitrogen and oxygen atoms in total. The largest absolute Gasteiger partial charge is 0.508 e. The number of benzene rings is 2. The zero-order valence-electron chi connectivity index (χ0n) is 9.37. The highest BCUT2D eigenvalue weighted by Gasteiger charge is 2.24. The van der Waals surface area contributed by atoms with Crippen LogP contribution >= 0.6 is 7.14 Å². The Bertz CT molecular complexity index is 578. The first-order valence-electron chi connectivity index (χ1n) is 5.17. The third kappa shape index (κ3) is 2.20. The Morgan fingerprint density at radius 3 is 2.29 bits per heavy atom. The van der Waals surface area contributed by atoms with Crippen molar-refractivity contribution in [2.75, 3.05) is 6.66 Å². The zero-order chi connectivity index (χ0) is 12.5. The minimum atomic E-state index is -2.87. The Balaban J connectivity index is 2.60. The molecule has 1 atom stereocenters. The van der Waals surface area contributed by atoms with Gasteiger partial charge in [-0.25, -0.2) is 0 Å². The average molecular weight is 248 g/mol. The molecule has 1 unspecified atom stereocenters. The lowest BCUT2D eigenvalue weighted by Crippen LogP contribution is -2.15. The molecule has 0 saturated carbocycles. The summed E-state index contributed by atoms with van der Waals surface area (Å²) in [5, 5.41) is 20.1. The lowest BCUT2D eigenvalue weighted by Gasteiger charge is -2.15. The molecule has 2 aromatic rings. The lowest BCUT2D eigenvalue weighted by atomic mass is 10.3. The van der Waals surface area contributed by atoms with Gasteiger partial charge in [0.2, 0.25) is 0 Å². The summed E-state index contributed by atoms with van der Waals surface area (Å²) in [6, 6.07) is 13.0. The minimum absolute atomic E-state index is 0.00388. The van der Waals surface area contributed by atoms with Crippen molar-refractivity contribution in [2.24, 2.45) is 0 Å². The van der Waals surface area contributed by atoms with Crippen molar-refractivity contribution in [3.8, 4) is 11.5 Å². The van der Waals surface area contributed by atoms with Gasteiger partial charge in [-0.3, -0.25) is 0 Å². The number of phenols is 2. The van der Waals surface area contributed by atoms with Gasteiger partial charge in [-0.05, 0) is 24.9 Å². The second-order valence-corrected chi connectivity index (χ2v) is 6.78. The summed E-state index contributed by atoms with van der Waals surface area (Å²) in [5.74, 6) is -0.0618. The smallest absolute Gasteiger partial charge is 0.144 e. The number of hydrogen-bond donors (Lipinski definition) is 2. The molecule has 2 aromatic carbocycles. The third-order valence-corrected chi connectivity index (χ3v) is 5.23. The van der Waals surface area contributed by atoms with E-state index in [2.05, 4.69) is 0 Å². The first-order chi connectivity index (χ1) is 8.01. The van der Waals surface area contributed by atoms with Crippen LogP contribution in [0.5, 0.6) is 11.5 Å². The zero-order valence-corrected chi connectivity index (χ0v) is 10.3. The molecule has 0 aromatic heterocycles. The molecular weight excluding hydrogens is 235 g/mol. The monoisotopic (exact) mass is 248 g/mol. The van der Waals surface area contributed by atoms with Crippen LogP contribution in [0, 0.1) is 0 Å². The highest BCUT2D eigenvalue weighted by Crippen LogP contribution is 2.42. The summed E-state index contributed by atoms with van der Waals surface area (Å²) in [4.78, 5) is 0. The molecule has 4 heteroatoms. The van der Waals surface area contributed by atoms with Gasteiger partial charge in [0, 0.05) is 5.30 Å². The standard InChI is InChI=1S/C13H13O3P/c1-17(16,11-5-3-2-4-6-11)13-9-10(14)7-8-12(13)15/h2-9,14-15H,1H3. The van der Waals surface area contributed by atoms with Gasteiger partial charge in [-0.15, -0.1) is 0 Å². The molecule has 0 spiro atoms. The summed E-state index contributed by atoms with van der Waals surface area (Å²) in [5.41, 5.74) is 0. The maximum absolute atomic E-state index is 12.7. The van der Waals surface area contributed by atoms with Crippen LogP contribution < -0.4 is 10.6 Å². The number of aromatic hydroxyl groups is 2. The van der Waals surface area contributed by atoms with Gasteiger partial charge in [0.25, 0.3) is 0 Å². The van der Waals surface area contributed by atoms with Crippen LogP contribution in [0.2, 0.25) is 0 Å². The molecule has 0 amide bonds. The van der Waals surface area contributed by atoms with Gasteiger partial charge >= 0.3 is 0 Å². The summed E-state index contributed by atoms with van der Waals surface area (Å²) in [6.45, 7) is 1.58. The van der Waals surface area contributed by atoms with E-state index in [9.17, 15) is 14.8 Å². The van der Waals surface area contributed by atoms with Gasteiger partial charge in [-0.2, -0.15) is 0 Å². The Morgan fingerprint density at radius 2 is 1.65 bits per heavy atom. The van der Waals surface area contributed by atoms with E-state index in [1.807, 2.05) is 6.07 Å². The summed E-state index contributed by atoms with van der Waals surface area (Å²) < 4.78 is 12.7. The molecule has 0 heterocycles. The van der Waals surface area contributed by atoms with Gasteiger partial charge in [0.15, 0.2) is 0 Å². The van der Waals surface area contributed by atoms with Crippen molar-refractivity contribution in [2.45, 2.75) is 0 Å². The summed E-state index contributed by atoms with van der Waals surface area (Å²) in [6.07, 6.45) is 0. The van der Waals surface area contributed by atoms with E-state index >= 15 is 0 Å². The molecule has 88 valence electrons. The maximum Gasteiger partial charge on any atom is 0.144 e. The Kier molecular flexibility index (Phi) is 2.95. The van der Waals surface area contributed by atoms with Crippen LogP contribution in [0.3, 0.4) is 0 Å². The Labute approximate surface area is 99.7 Å². The van der Waals surface area contributed by atoms with Crippen molar-refractivity contribution in [3.05, 3.63) is 48.5 Å². The molecular formula is C13H13O3P. The topological polar surface area (TPSA) is 57.5 Å². The normalized spacial score (nSPS) is 14.2. The second-order valence-electron chi connectivity index (χ2n) is 3.93. The van der Waals surface area contributed by atoms with Crippen LogP contribution in [-0.2, 0) is 4.57 Å². The van der Waals surface area contributed by atoms with E-state index in [1.165, 1.54) is 18.2 Å². The van der Waals surface area contributed by atoms with Crippen LogP contribution in [0.25, 0.3) is 0 Å². The van der Waals surface area contributed by atoms with Crippen LogP contribution in [0.15, 0.2) is 48.5 Å². The Hall–Kier alpha value is -1.73. The molecule has 0 fully saturated rings. The van der Waals surface area contributed by atoms with Gasteiger partial charge in [-0.1, -0.05) is 30.3 Å². The van der Waals surface area contributed by atoms with Crippen molar-refractivity contribution in [1.29, 1.82) is 0 Å². The average Bonchev–Trinajstić information content (AvgIpc) is 2.33. The quantitative estimate of drug-likeness (QED) is 0.631. The van der Waals surface area contributed by atoms with E-state index in [1.54, 1.807) is 30.9 Å². The van der Waals surface area contributed by atoms with E-state index < -0.39 is 7.14 Å². The fourth-order valence-electron chi connectivity index (χ4n) is 1.71. The minimum Gasteiger partial charge on any atom is -0.508 e. The van der Waals surface area contributed by atoms with Crippen molar-refractivity contribution in [1.82, 2.24) is 0 Å². The first kappa shape index (κ1) is 11.7. The summed E-state index contributed by atoms with van der Waals surface area (Å²) >= 11 is 0. The maximum atomic E-state index is 12.7. The second kappa shape index (κ2) is 4.27. The van der Waals surface area contributed by atoms with Crippen molar-refractivity contribution < 1.29 is 14.8 Å². The van der Waals surface area contributed by atoms with Crippen molar-refractivity contribution in [3.63, 3.8) is 0 Å². The predicted octanol–water partition coefficient (Wildman–Crippen LogP) is 2.04.